The molecule has 2 N–H and O–H groups in total. The first-order valence-corrected chi connectivity index (χ1v) is 9.82. The number of carbonyl (C=O) groups excluding carboxylic acids is 2. The van der Waals surface area contributed by atoms with Crippen molar-refractivity contribution in [2.75, 3.05) is 12.4 Å². The maximum atomic E-state index is 12.6. The molecule has 1 heterocycles. The van der Waals surface area contributed by atoms with Gasteiger partial charge in [-0.05, 0) is 40.8 Å². The average molecular weight is 415 g/mol. The number of anilines is 1. The summed E-state index contributed by atoms with van der Waals surface area (Å²) in [5, 5.41) is 7.83. The molecule has 144 valence electrons. The zero-order valence-electron chi connectivity index (χ0n) is 15.2. The van der Waals surface area contributed by atoms with Gasteiger partial charge in [-0.1, -0.05) is 41.9 Å². The Hall–Kier alpha value is -2.67. The van der Waals surface area contributed by atoms with E-state index in [-0.39, 0.29) is 11.8 Å². The van der Waals surface area contributed by atoms with E-state index in [1.807, 2.05) is 29.6 Å². The highest BCUT2D eigenvalue weighted by Crippen LogP contribution is 2.24. The lowest BCUT2D eigenvalue weighted by Gasteiger charge is -2.12. The van der Waals surface area contributed by atoms with E-state index in [2.05, 4.69) is 10.6 Å². The van der Waals surface area contributed by atoms with Crippen LogP contribution in [0.5, 0.6) is 0 Å². The van der Waals surface area contributed by atoms with Crippen LogP contribution in [0.25, 0.3) is 0 Å². The Bertz CT molecular complexity index is 974. The molecule has 0 saturated carbocycles. The lowest BCUT2D eigenvalue weighted by molar-refractivity contribution is 0.0949. The Labute approximate surface area is 172 Å². The second-order valence-electron chi connectivity index (χ2n) is 6.01. The number of ether oxygens (including phenoxy) is 1. The molecular formula is C21H19ClN2O3S. The van der Waals surface area contributed by atoms with Gasteiger partial charge in [-0.3, -0.25) is 9.59 Å². The Morgan fingerprint density at radius 2 is 1.82 bits per heavy atom. The summed E-state index contributed by atoms with van der Waals surface area (Å²) >= 11 is 7.51. The topological polar surface area (TPSA) is 67.4 Å². The van der Waals surface area contributed by atoms with E-state index in [9.17, 15) is 9.59 Å². The van der Waals surface area contributed by atoms with E-state index in [1.165, 1.54) is 11.3 Å². The molecule has 0 aliphatic heterocycles. The van der Waals surface area contributed by atoms with Crippen LogP contribution in [0.2, 0.25) is 5.02 Å². The minimum absolute atomic E-state index is 0.254. The number of halogens is 1. The lowest BCUT2D eigenvalue weighted by atomic mass is 10.1. The molecular weight excluding hydrogens is 396 g/mol. The molecule has 0 bridgehead atoms. The van der Waals surface area contributed by atoms with Gasteiger partial charge in [0.15, 0.2) is 0 Å². The number of nitrogens with one attached hydrogen (secondary N) is 2. The van der Waals surface area contributed by atoms with Crippen LogP contribution in [0.3, 0.4) is 0 Å². The second-order valence-corrected chi connectivity index (χ2v) is 7.37. The molecule has 0 unspecified atom stereocenters. The third-order valence-electron chi connectivity index (χ3n) is 4.08. The van der Waals surface area contributed by atoms with Crippen LogP contribution < -0.4 is 10.6 Å². The summed E-state index contributed by atoms with van der Waals surface area (Å²) in [5.41, 5.74) is 2.81. The van der Waals surface area contributed by atoms with Crippen molar-refractivity contribution in [3.05, 3.63) is 86.6 Å². The number of hydrogen-bond donors (Lipinski definition) is 2. The van der Waals surface area contributed by atoms with E-state index in [1.54, 1.807) is 37.4 Å². The van der Waals surface area contributed by atoms with Gasteiger partial charge < -0.3 is 15.4 Å². The van der Waals surface area contributed by atoms with Crippen LogP contribution >= 0.6 is 22.9 Å². The van der Waals surface area contributed by atoms with E-state index in [0.717, 1.165) is 11.1 Å². The van der Waals surface area contributed by atoms with Crippen LogP contribution in [0, 0.1) is 0 Å². The number of methoxy groups -OCH3 is 1. The maximum absolute atomic E-state index is 12.6. The zero-order valence-corrected chi connectivity index (χ0v) is 16.8. The van der Waals surface area contributed by atoms with Crippen molar-refractivity contribution in [3.63, 3.8) is 0 Å². The van der Waals surface area contributed by atoms with Gasteiger partial charge in [0.2, 0.25) is 0 Å². The molecule has 2 aromatic carbocycles. The van der Waals surface area contributed by atoms with E-state index in [4.69, 9.17) is 16.3 Å². The molecule has 0 aliphatic carbocycles. The predicted molar refractivity (Wildman–Crippen MR) is 112 cm³/mol. The highest BCUT2D eigenvalue weighted by atomic mass is 35.5. The smallest absolute Gasteiger partial charge is 0.265 e. The average Bonchev–Trinajstić information content (AvgIpc) is 3.24. The SMILES string of the molecule is COCc1ccccc1CNC(=O)c1ccc(Cl)c(NC(=O)c2cccs2)c1. The summed E-state index contributed by atoms with van der Waals surface area (Å²) in [6.45, 7) is 0.851. The van der Waals surface area contributed by atoms with Crippen LogP contribution in [0.4, 0.5) is 5.69 Å². The molecule has 0 saturated heterocycles. The molecule has 0 atom stereocenters. The molecule has 1 aromatic heterocycles. The minimum Gasteiger partial charge on any atom is -0.380 e. The summed E-state index contributed by atoms with van der Waals surface area (Å²) in [7, 11) is 1.63. The fourth-order valence-corrected chi connectivity index (χ4v) is 3.44. The second kappa shape index (κ2) is 9.50. The van der Waals surface area contributed by atoms with E-state index >= 15 is 0 Å². The fraction of sp³-hybridized carbons (Fsp3) is 0.143. The van der Waals surface area contributed by atoms with Gasteiger partial charge in [0.25, 0.3) is 11.8 Å². The first-order valence-electron chi connectivity index (χ1n) is 8.57. The quantitative estimate of drug-likeness (QED) is 0.587. The Morgan fingerprint density at radius 3 is 2.54 bits per heavy atom. The number of rotatable bonds is 7. The van der Waals surface area contributed by atoms with E-state index in [0.29, 0.717) is 34.3 Å². The highest BCUT2D eigenvalue weighted by molar-refractivity contribution is 7.12. The normalized spacial score (nSPS) is 10.5. The molecule has 5 nitrogen and oxygen atoms in total. The van der Waals surface area contributed by atoms with Gasteiger partial charge in [0.05, 0.1) is 22.2 Å². The third-order valence-corrected chi connectivity index (χ3v) is 5.28. The van der Waals surface area contributed by atoms with Gasteiger partial charge in [-0.25, -0.2) is 0 Å². The molecule has 3 aromatic rings. The monoisotopic (exact) mass is 414 g/mol. The van der Waals surface area contributed by atoms with Crippen molar-refractivity contribution in [2.45, 2.75) is 13.2 Å². The van der Waals surface area contributed by atoms with Crippen molar-refractivity contribution in [1.29, 1.82) is 0 Å². The third kappa shape index (κ3) is 4.98. The Kier molecular flexibility index (Phi) is 6.81. The predicted octanol–water partition coefficient (Wildman–Crippen LogP) is 4.73. The number of hydrogen-bond acceptors (Lipinski definition) is 4. The van der Waals surface area contributed by atoms with Gasteiger partial charge in [0.1, 0.15) is 0 Å². The summed E-state index contributed by atoms with van der Waals surface area (Å²) in [6.07, 6.45) is 0. The van der Waals surface area contributed by atoms with Crippen molar-refractivity contribution in [1.82, 2.24) is 5.32 Å². The molecule has 2 amide bonds. The standard InChI is InChI=1S/C21H19ClN2O3S/c1-27-13-16-6-3-2-5-15(16)12-23-20(25)14-8-9-17(22)18(11-14)24-21(26)19-7-4-10-28-19/h2-11H,12-13H2,1H3,(H,23,25)(H,24,26). The molecule has 0 aliphatic rings. The first-order chi connectivity index (χ1) is 13.6. The lowest BCUT2D eigenvalue weighted by Crippen LogP contribution is -2.23. The summed E-state index contributed by atoms with van der Waals surface area (Å²) < 4.78 is 5.19. The van der Waals surface area contributed by atoms with Crippen LogP contribution in [0.15, 0.2) is 60.0 Å². The number of benzene rings is 2. The van der Waals surface area contributed by atoms with Crippen LogP contribution in [-0.2, 0) is 17.9 Å². The summed E-state index contributed by atoms with van der Waals surface area (Å²) in [6, 6.07) is 16.1. The first kappa shape index (κ1) is 20.1. The van der Waals surface area contributed by atoms with E-state index < -0.39 is 0 Å². The van der Waals surface area contributed by atoms with Crippen LogP contribution in [0.1, 0.15) is 31.2 Å². The molecule has 0 radical (unpaired) electrons. The summed E-state index contributed by atoms with van der Waals surface area (Å²) in [5.74, 6) is -0.515. The molecule has 3 rings (SSSR count). The zero-order chi connectivity index (χ0) is 19.9. The summed E-state index contributed by atoms with van der Waals surface area (Å²) in [4.78, 5) is 25.4. The minimum atomic E-state index is -0.261. The number of thiophene rings is 1. The molecule has 7 heteroatoms. The van der Waals surface area contributed by atoms with Crippen molar-refractivity contribution in [2.24, 2.45) is 0 Å². The van der Waals surface area contributed by atoms with Crippen molar-refractivity contribution >= 4 is 40.4 Å². The van der Waals surface area contributed by atoms with Gasteiger partial charge in [0, 0.05) is 19.2 Å². The Balaban J connectivity index is 1.70. The van der Waals surface area contributed by atoms with Gasteiger partial charge in [-0.15, -0.1) is 11.3 Å². The van der Waals surface area contributed by atoms with Crippen molar-refractivity contribution in [3.8, 4) is 0 Å². The largest absolute Gasteiger partial charge is 0.380 e. The van der Waals surface area contributed by atoms with Gasteiger partial charge in [-0.2, -0.15) is 0 Å². The maximum Gasteiger partial charge on any atom is 0.265 e. The number of amides is 2. The van der Waals surface area contributed by atoms with Gasteiger partial charge >= 0.3 is 0 Å². The number of carbonyl (C=O) groups is 2. The van der Waals surface area contributed by atoms with Crippen LogP contribution in [-0.4, -0.2) is 18.9 Å². The molecule has 28 heavy (non-hydrogen) atoms. The molecule has 0 spiro atoms. The highest BCUT2D eigenvalue weighted by Gasteiger charge is 2.13. The molecule has 0 fully saturated rings. The fourth-order valence-electron chi connectivity index (χ4n) is 2.66. The Morgan fingerprint density at radius 1 is 1.04 bits per heavy atom. The van der Waals surface area contributed by atoms with Crippen molar-refractivity contribution < 1.29 is 14.3 Å².